The normalized spacial score (nSPS) is 12.8. The van der Waals surface area contributed by atoms with Crippen LogP contribution in [0.1, 0.15) is 13.3 Å². The molecule has 0 saturated heterocycles. The van der Waals surface area contributed by atoms with Crippen LogP contribution < -0.4 is 11.2 Å². The molecular formula is C7H16N2O3. The zero-order valence-electron chi connectivity index (χ0n) is 7.50. The zero-order chi connectivity index (χ0) is 9.40. The molecule has 0 radical (unpaired) electrons. The Labute approximate surface area is 72.2 Å². The van der Waals surface area contributed by atoms with Crippen LogP contribution in [0.4, 0.5) is 0 Å². The second-order valence-electron chi connectivity index (χ2n) is 2.43. The molecule has 3 N–H and O–H groups in total. The molecule has 0 saturated carbocycles. The summed E-state index contributed by atoms with van der Waals surface area (Å²) in [5, 5.41) is 0. The minimum absolute atomic E-state index is 0.106. The Hall–Kier alpha value is -0.650. The Morgan fingerprint density at radius 1 is 1.67 bits per heavy atom. The molecule has 5 heteroatoms. The van der Waals surface area contributed by atoms with Gasteiger partial charge in [-0.25, -0.2) is 0 Å². The largest absolute Gasteiger partial charge is 0.383 e. The van der Waals surface area contributed by atoms with E-state index in [0.717, 1.165) is 6.42 Å². The maximum Gasteiger partial charge on any atom is 0.245 e. The van der Waals surface area contributed by atoms with Crippen molar-refractivity contribution >= 4 is 5.91 Å². The summed E-state index contributed by atoms with van der Waals surface area (Å²) >= 11 is 0. The van der Waals surface area contributed by atoms with Crippen LogP contribution in [0.25, 0.3) is 0 Å². The number of methoxy groups -OCH3 is 1. The highest BCUT2D eigenvalue weighted by molar-refractivity contribution is 5.74. The summed E-state index contributed by atoms with van der Waals surface area (Å²) in [6.45, 7) is 2.43. The highest BCUT2D eigenvalue weighted by Gasteiger charge is 2.04. The second kappa shape index (κ2) is 7.02. The number of hydroxylamine groups is 1. The molecule has 0 aliphatic carbocycles. The van der Waals surface area contributed by atoms with Gasteiger partial charge in [-0.2, -0.15) is 5.48 Å². The number of rotatable bonds is 7. The molecule has 0 heterocycles. The van der Waals surface area contributed by atoms with Gasteiger partial charge in [0.15, 0.2) is 0 Å². The third-order valence-electron chi connectivity index (χ3n) is 1.33. The molecule has 1 amide bonds. The minimum atomic E-state index is -0.491. The molecule has 0 aromatic heterocycles. The van der Waals surface area contributed by atoms with E-state index < -0.39 is 5.91 Å². The van der Waals surface area contributed by atoms with Gasteiger partial charge in [0, 0.05) is 7.11 Å². The van der Waals surface area contributed by atoms with E-state index >= 15 is 0 Å². The summed E-state index contributed by atoms with van der Waals surface area (Å²) < 4.78 is 4.89. The molecule has 12 heavy (non-hydrogen) atoms. The Bertz CT molecular complexity index is 130. The fourth-order valence-corrected chi connectivity index (χ4v) is 0.667. The number of amides is 1. The number of nitrogens with two attached hydrogens (primary N) is 1. The maximum atomic E-state index is 10.3. The highest BCUT2D eigenvalue weighted by atomic mass is 16.6. The number of nitrogens with one attached hydrogen (secondary N) is 1. The van der Waals surface area contributed by atoms with E-state index in [1.807, 2.05) is 6.92 Å². The van der Waals surface area contributed by atoms with Crippen LogP contribution in [-0.2, 0) is 14.4 Å². The van der Waals surface area contributed by atoms with Gasteiger partial charge in [-0.05, 0) is 6.42 Å². The van der Waals surface area contributed by atoms with Gasteiger partial charge in [0.25, 0.3) is 0 Å². The number of primary amides is 1. The number of carbonyl (C=O) groups excluding carboxylic acids is 1. The van der Waals surface area contributed by atoms with Gasteiger partial charge in [0.1, 0.15) is 6.61 Å². The fourth-order valence-electron chi connectivity index (χ4n) is 0.667. The van der Waals surface area contributed by atoms with Gasteiger partial charge >= 0.3 is 0 Å². The van der Waals surface area contributed by atoms with Crippen molar-refractivity contribution < 1.29 is 14.4 Å². The van der Waals surface area contributed by atoms with E-state index in [2.05, 4.69) is 5.48 Å². The molecule has 5 nitrogen and oxygen atoms in total. The minimum Gasteiger partial charge on any atom is -0.383 e. The summed E-state index contributed by atoms with van der Waals surface area (Å²) in [7, 11) is 1.61. The molecule has 72 valence electrons. The van der Waals surface area contributed by atoms with Crippen LogP contribution in [0.5, 0.6) is 0 Å². The molecule has 0 aromatic rings. The summed E-state index contributed by atoms with van der Waals surface area (Å²) in [4.78, 5) is 15.0. The lowest BCUT2D eigenvalue weighted by atomic mass is 10.3. The van der Waals surface area contributed by atoms with Gasteiger partial charge < -0.3 is 10.5 Å². The monoisotopic (exact) mass is 176 g/mol. The van der Waals surface area contributed by atoms with Crippen molar-refractivity contribution in [1.29, 1.82) is 0 Å². The number of ether oxygens (including phenoxy) is 1. The van der Waals surface area contributed by atoms with Gasteiger partial charge in [0.05, 0.1) is 12.6 Å². The maximum absolute atomic E-state index is 10.3. The van der Waals surface area contributed by atoms with E-state index in [1.165, 1.54) is 0 Å². The Balaban J connectivity index is 3.37. The Morgan fingerprint density at radius 2 is 2.33 bits per heavy atom. The summed E-state index contributed by atoms with van der Waals surface area (Å²) in [6, 6.07) is 0.106. The molecule has 1 atom stereocenters. The van der Waals surface area contributed by atoms with Gasteiger partial charge in [-0.1, -0.05) is 6.92 Å². The molecule has 0 bridgehead atoms. The third-order valence-corrected chi connectivity index (χ3v) is 1.33. The van der Waals surface area contributed by atoms with Crippen LogP contribution >= 0.6 is 0 Å². The molecule has 1 unspecified atom stereocenters. The average molecular weight is 176 g/mol. The first-order valence-corrected chi connectivity index (χ1v) is 3.85. The molecule has 0 aliphatic rings. The predicted molar refractivity (Wildman–Crippen MR) is 44.2 cm³/mol. The molecule has 0 rings (SSSR count). The third kappa shape index (κ3) is 6.09. The number of hydrogen-bond donors (Lipinski definition) is 2. The highest BCUT2D eigenvalue weighted by Crippen LogP contribution is 1.90. The SMILES string of the molecule is CCC(COC)NOCC(N)=O. The topological polar surface area (TPSA) is 73.6 Å². The average Bonchev–Trinajstić information content (AvgIpc) is 2.02. The first-order valence-electron chi connectivity index (χ1n) is 3.85. The van der Waals surface area contributed by atoms with Crippen molar-refractivity contribution in [1.82, 2.24) is 5.48 Å². The lowest BCUT2D eigenvalue weighted by Crippen LogP contribution is -2.35. The van der Waals surface area contributed by atoms with Crippen LogP contribution in [0, 0.1) is 0 Å². The molecule has 0 aliphatic heterocycles. The smallest absolute Gasteiger partial charge is 0.245 e. The van der Waals surface area contributed by atoms with E-state index in [4.69, 9.17) is 15.3 Å². The van der Waals surface area contributed by atoms with Gasteiger partial charge in [0.2, 0.25) is 5.91 Å². The van der Waals surface area contributed by atoms with Crippen molar-refractivity contribution in [3.8, 4) is 0 Å². The lowest BCUT2D eigenvalue weighted by molar-refractivity contribution is -0.126. The number of carbonyl (C=O) groups is 1. The molecule has 0 aromatic carbocycles. The predicted octanol–water partition coefficient (Wildman–Crippen LogP) is -0.582. The van der Waals surface area contributed by atoms with Crippen molar-refractivity contribution in [2.45, 2.75) is 19.4 Å². The molecule has 0 spiro atoms. The van der Waals surface area contributed by atoms with Gasteiger partial charge in [-0.3, -0.25) is 9.63 Å². The van der Waals surface area contributed by atoms with Crippen LogP contribution in [0.3, 0.4) is 0 Å². The Kier molecular flexibility index (Phi) is 6.64. The summed E-state index contributed by atoms with van der Waals surface area (Å²) in [6.07, 6.45) is 0.868. The van der Waals surface area contributed by atoms with Crippen molar-refractivity contribution in [2.24, 2.45) is 5.73 Å². The van der Waals surface area contributed by atoms with Crippen molar-refractivity contribution in [3.05, 3.63) is 0 Å². The van der Waals surface area contributed by atoms with Crippen LogP contribution in [0.2, 0.25) is 0 Å². The summed E-state index contributed by atoms with van der Waals surface area (Å²) in [5.41, 5.74) is 7.53. The summed E-state index contributed by atoms with van der Waals surface area (Å²) in [5.74, 6) is -0.491. The van der Waals surface area contributed by atoms with E-state index in [0.29, 0.717) is 6.61 Å². The van der Waals surface area contributed by atoms with Crippen molar-refractivity contribution in [2.75, 3.05) is 20.3 Å². The van der Waals surface area contributed by atoms with E-state index in [-0.39, 0.29) is 12.6 Å². The quantitative estimate of drug-likeness (QED) is 0.509. The first-order chi connectivity index (χ1) is 5.70. The van der Waals surface area contributed by atoms with Gasteiger partial charge in [-0.15, -0.1) is 0 Å². The molecule has 0 fully saturated rings. The molecular weight excluding hydrogens is 160 g/mol. The zero-order valence-corrected chi connectivity index (χ0v) is 7.50. The van der Waals surface area contributed by atoms with Crippen LogP contribution in [0.15, 0.2) is 0 Å². The standard InChI is InChI=1S/C7H16N2O3/c1-3-6(4-11-2)9-12-5-7(8)10/h6,9H,3-5H2,1-2H3,(H2,8,10). The van der Waals surface area contributed by atoms with E-state index in [1.54, 1.807) is 7.11 Å². The first kappa shape index (κ1) is 11.4. The second-order valence-corrected chi connectivity index (χ2v) is 2.43. The van der Waals surface area contributed by atoms with Crippen molar-refractivity contribution in [3.63, 3.8) is 0 Å². The Morgan fingerprint density at radius 3 is 2.75 bits per heavy atom. The lowest BCUT2D eigenvalue weighted by Gasteiger charge is -2.14. The van der Waals surface area contributed by atoms with E-state index in [9.17, 15) is 4.79 Å². The fraction of sp³-hybridized carbons (Fsp3) is 0.857. The number of hydrogen-bond acceptors (Lipinski definition) is 4. The van der Waals surface area contributed by atoms with Crippen LogP contribution in [-0.4, -0.2) is 32.3 Å².